The molecule has 1 aliphatic carbocycles. The minimum absolute atomic E-state index is 0.0653. The maximum atomic E-state index is 13.7. The van der Waals surface area contributed by atoms with E-state index in [1.807, 2.05) is 65.0 Å². The number of nitrogens with one attached hydrogen (secondary N) is 4. The molecule has 3 atom stereocenters. The smallest absolute Gasteiger partial charge is 0.243 e. The number of nitrogens with zero attached hydrogens (tertiary/aromatic N) is 1. The first kappa shape index (κ1) is 32.7. The number of Topliss-reactive ketones (excluding diaryl/α,β-unsaturated/α-hetero) is 1. The first-order chi connectivity index (χ1) is 19.5. The minimum Gasteiger partial charge on any atom is -0.344 e. The average Bonchev–Trinajstić information content (AvgIpc) is 3.69. The van der Waals surface area contributed by atoms with Gasteiger partial charge in [-0.25, -0.2) is 10.4 Å². The van der Waals surface area contributed by atoms with E-state index in [1.54, 1.807) is 0 Å². The van der Waals surface area contributed by atoms with Crippen molar-refractivity contribution in [2.24, 2.45) is 17.3 Å². The summed E-state index contributed by atoms with van der Waals surface area (Å²) in [5.41, 5.74) is 3.69. The second-order valence-electron chi connectivity index (χ2n) is 13.0. The number of carbonyl (C=O) groups is 4. The zero-order valence-electron chi connectivity index (χ0n) is 25.6. The molecular formula is C32H51N5O4. The Kier molecular flexibility index (Phi) is 12.3. The first-order valence-corrected chi connectivity index (χ1v) is 15.4. The summed E-state index contributed by atoms with van der Waals surface area (Å²) in [5, 5.41) is 10.9. The van der Waals surface area contributed by atoms with Gasteiger partial charge < -0.3 is 16.0 Å². The van der Waals surface area contributed by atoms with Gasteiger partial charge >= 0.3 is 0 Å². The van der Waals surface area contributed by atoms with Crippen molar-refractivity contribution in [2.45, 2.75) is 104 Å². The van der Waals surface area contributed by atoms with Crippen molar-refractivity contribution < 1.29 is 19.2 Å². The van der Waals surface area contributed by atoms with Crippen LogP contribution in [0.2, 0.25) is 0 Å². The van der Waals surface area contributed by atoms with Crippen LogP contribution < -0.4 is 21.4 Å². The molecular weight excluding hydrogens is 518 g/mol. The van der Waals surface area contributed by atoms with Crippen molar-refractivity contribution in [1.29, 1.82) is 0 Å². The Balaban J connectivity index is 1.71. The topological polar surface area (TPSA) is 120 Å². The second kappa shape index (κ2) is 15.4. The normalized spacial score (nSPS) is 18.8. The fourth-order valence-electron chi connectivity index (χ4n) is 5.35. The Bertz CT molecular complexity index is 1020. The number of hydrazine groups is 1. The fourth-order valence-corrected chi connectivity index (χ4v) is 5.35. The van der Waals surface area contributed by atoms with Gasteiger partial charge in [-0.15, -0.1) is 0 Å². The molecule has 4 N–H and O–H groups in total. The van der Waals surface area contributed by atoms with Crippen LogP contribution in [0.1, 0.15) is 85.1 Å². The Morgan fingerprint density at radius 1 is 0.780 bits per heavy atom. The van der Waals surface area contributed by atoms with Gasteiger partial charge in [0, 0.05) is 24.9 Å². The molecule has 228 valence electrons. The Morgan fingerprint density at radius 3 is 1.93 bits per heavy atom. The fraction of sp³-hybridized carbons (Fsp3) is 0.688. The summed E-state index contributed by atoms with van der Waals surface area (Å²) in [5.74, 6) is -0.613. The van der Waals surface area contributed by atoms with E-state index < -0.39 is 24.0 Å². The molecule has 1 aliphatic heterocycles. The monoisotopic (exact) mass is 569 g/mol. The molecule has 0 bridgehead atoms. The molecule has 3 rings (SSSR count). The molecule has 1 saturated heterocycles. The summed E-state index contributed by atoms with van der Waals surface area (Å²) in [4.78, 5) is 53.4. The highest BCUT2D eigenvalue weighted by molar-refractivity contribution is 5.97. The molecule has 1 aromatic rings. The average molecular weight is 570 g/mol. The summed E-state index contributed by atoms with van der Waals surface area (Å²) in [6.07, 6.45) is 6.33. The van der Waals surface area contributed by atoms with Crippen molar-refractivity contribution in [3.8, 4) is 0 Å². The second-order valence-corrected chi connectivity index (χ2v) is 13.0. The van der Waals surface area contributed by atoms with Crippen molar-refractivity contribution in [3.05, 3.63) is 35.9 Å². The van der Waals surface area contributed by atoms with Crippen molar-refractivity contribution >= 4 is 23.5 Å². The van der Waals surface area contributed by atoms with E-state index in [1.165, 1.54) is 6.42 Å². The lowest BCUT2D eigenvalue weighted by molar-refractivity contribution is -0.134. The zero-order chi connectivity index (χ0) is 30.0. The largest absolute Gasteiger partial charge is 0.344 e. The lowest BCUT2D eigenvalue weighted by Crippen LogP contribution is -2.58. The molecule has 3 amide bonds. The number of amides is 3. The predicted molar refractivity (Wildman–Crippen MR) is 161 cm³/mol. The standard InChI is InChI=1S/C32H51N5O4/c1-22(2)18-25(29(39)32(5)14-15-32)35-31(41)27(20-24-12-8-6-9-13-24)36-30(40)26(19-23(3)4)34-28(38)21-33-37-16-10-7-11-17-37/h6,8-9,12-13,22-23,25-27,33H,7,10-11,14-21H2,1-5H3,(H,34,38)(H,35,41)(H,36,40)/t25-,26-,27-/m0/s1. The molecule has 0 unspecified atom stereocenters. The van der Waals surface area contributed by atoms with Crippen molar-refractivity contribution in [3.63, 3.8) is 0 Å². The molecule has 9 heteroatoms. The number of hydrogen-bond acceptors (Lipinski definition) is 6. The van der Waals surface area contributed by atoms with Gasteiger partial charge in [-0.05, 0) is 55.9 Å². The molecule has 1 saturated carbocycles. The highest BCUT2D eigenvalue weighted by Crippen LogP contribution is 2.47. The number of benzene rings is 1. The lowest BCUT2D eigenvalue weighted by atomic mass is 9.91. The molecule has 0 radical (unpaired) electrons. The molecule has 1 aromatic carbocycles. The van der Waals surface area contributed by atoms with Crippen LogP contribution in [-0.4, -0.2) is 66.3 Å². The third-order valence-corrected chi connectivity index (χ3v) is 8.03. The number of carbonyl (C=O) groups excluding carboxylic acids is 4. The van der Waals surface area contributed by atoms with Crippen LogP contribution in [-0.2, 0) is 25.6 Å². The molecule has 0 aromatic heterocycles. The van der Waals surface area contributed by atoms with Crippen LogP contribution in [0.4, 0.5) is 0 Å². The third-order valence-electron chi connectivity index (χ3n) is 8.03. The van der Waals surface area contributed by atoms with E-state index in [0.29, 0.717) is 12.8 Å². The van der Waals surface area contributed by atoms with E-state index in [9.17, 15) is 19.2 Å². The van der Waals surface area contributed by atoms with Gasteiger partial charge in [0.25, 0.3) is 0 Å². The zero-order valence-corrected chi connectivity index (χ0v) is 25.6. The van der Waals surface area contributed by atoms with Gasteiger partial charge in [-0.1, -0.05) is 71.4 Å². The van der Waals surface area contributed by atoms with Crippen LogP contribution in [0.25, 0.3) is 0 Å². The summed E-state index contributed by atoms with van der Waals surface area (Å²) >= 11 is 0. The van der Waals surface area contributed by atoms with Crippen LogP contribution in [0.15, 0.2) is 30.3 Å². The Morgan fingerprint density at radius 2 is 1.34 bits per heavy atom. The van der Waals surface area contributed by atoms with Crippen molar-refractivity contribution in [1.82, 2.24) is 26.4 Å². The highest BCUT2D eigenvalue weighted by atomic mass is 16.2. The van der Waals surface area contributed by atoms with E-state index >= 15 is 0 Å². The van der Waals surface area contributed by atoms with Crippen LogP contribution in [0.3, 0.4) is 0 Å². The quantitative estimate of drug-likeness (QED) is 0.243. The minimum atomic E-state index is -0.891. The van der Waals surface area contributed by atoms with Gasteiger partial charge in [0.2, 0.25) is 17.7 Å². The van der Waals surface area contributed by atoms with Gasteiger partial charge in [0.15, 0.2) is 5.78 Å². The van der Waals surface area contributed by atoms with Crippen LogP contribution in [0.5, 0.6) is 0 Å². The van der Waals surface area contributed by atoms with Crippen LogP contribution in [0, 0.1) is 17.3 Å². The number of piperidine rings is 1. The maximum Gasteiger partial charge on any atom is 0.243 e. The molecule has 9 nitrogen and oxygen atoms in total. The molecule has 2 aliphatic rings. The van der Waals surface area contributed by atoms with Crippen molar-refractivity contribution in [2.75, 3.05) is 19.6 Å². The van der Waals surface area contributed by atoms with Gasteiger partial charge in [-0.2, -0.15) is 0 Å². The maximum absolute atomic E-state index is 13.7. The van der Waals surface area contributed by atoms with Crippen LogP contribution >= 0.6 is 0 Å². The predicted octanol–water partition coefficient (Wildman–Crippen LogP) is 3.14. The Hall–Kier alpha value is -2.78. The summed E-state index contributed by atoms with van der Waals surface area (Å²) < 4.78 is 0. The third kappa shape index (κ3) is 10.9. The van der Waals surface area contributed by atoms with E-state index in [0.717, 1.165) is 44.3 Å². The molecule has 1 heterocycles. The highest BCUT2D eigenvalue weighted by Gasteiger charge is 2.48. The van der Waals surface area contributed by atoms with E-state index in [2.05, 4.69) is 26.4 Å². The first-order valence-electron chi connectivity index (χ1n) is 15.4. The van der Waals surface area contributed by atoms with E-state index in [4.69, 9.17) is 0 Å². The summed E-state index contributed by atoms with van der Waals surface area (Å²) in [7, 11) is 0. The molecule has 2 fully saturated rings. The number of hydrogen-bond donors (Lipinski definition) is 4. The lowest BCUT2D eigenvalue weighted by Gasteiger charge is -2.28. The summed E-state index contributed by atoms with van der Waals surface area (Å²) in [6, 6.07) is 7.23. The Labute approximate surface area is 245 Å². The molecule has 41 heavy (non-hydrogen) atoms. The van der Waals surface area contributed by atoms with Gasteiger partial charge in [-0.3, -0.25) is 19.2 Å². The number of ketones is 1. The SMILES string of the molecule is CC(C)C[C@H](NC(=O)CNN1CCCCC1)C(=O)N[C@@H](Cc1ccccc1)C(=O)N[C@@H](CC(C)C)C(=O)C1(C)CC1. The van der Waals surface area contributed by atoms with Gasteiger partial charge in [0.1, 0.15) is 12.1 Å². The summed E-state index contributed by atoms with van der Waals surface area (Å²) in [6.45, 7) is 11.9. The van der Waals surface area contributed by atoms with E-state index in [-0.39, 0.29) is 47.8 Å². The van der Waals surface area contributed by atoms with Gasteiger partial charge in [0.05, 0.1) is 12.6 Å². The molecule has 0 spiro atoms. The number of rotatable bonds is 16.